The molecule has 7 heteroatoms. The first-order valence-electron chi connectivity index (χ1n) is 22.2. The molecule has 0 atom stereocenters. The molecule has 3 aromatic heterocycles. The first-order valence-corrected chi connectivity index (χ1v) is 22.2. The van der Waals surface area contributed by atoms with Gasteiger partial charge in [-0.15, -0.1) is 0 Å². The molecule has 9 aromatic carbocycles. The van der Waals surface area contributed by atoms with E-state index in [-0.39, 0.29) is 0 Å². The standard InChI is InChI=1S/C61H35N7/c62-36-39-19-23-41(24-20-39)45-27-29-57-50(31-45)48-15-7-9-17-55(48)67(57)59-33-47(61-65-53(43-11-3-1-4-12-43)35-54(66-61)44-13-5-2-6-14-44)34-60(52(59)38-64)68-56-18-10-8-16-49(56)51-32-46(28-30-58(51)68)42-25-21-40(37-63)22-26-42/h1-35H. The highest BCUT2D eigenvalue weighted by molar-refractivity contribution is 6.12. The van der Waals surface area contributed by atoms with Gasteiger partial charge in [0.15, 0.2) is 5.82 Å². The topological polar surface area (TPSA) is 107 Å². The zero-order chi connectivity index (χ0) is 45.7. The van der Waals surface area contributed by atoms with Gasteiger partial charge in [-0.2, -0.15) is 15.8 Å². The van der Waals surface area contributed by atoms with Crippen molar-refractivity contribution in [1.82, 2.24) is 19.1 Å². The maximum Gasteiger partial charge on any atom is 0.160 e. The monoisotopic (exact) mass is 865 g/mol. The molecule has 0 aliphatic heterocycles. The Labute approximate surface area is 391 Å². The van der Waals surface area contributed by atoms with Crippen LogP contribution in [0.2, 0.25) is 0 Å². The molecule has 0 N–H and O–H groups in total. The summed E-state index contributed by atoms with van der Waals surface area (Å²) in [6.07, 6.45) is 0. The minimum Gasteiger partial charge on any atom is -0.308 e. The molecule has 0 aliphatic rings. The van der Waals surface area contributed by atoms with E-state index in [1.54, 1.807) is 0 Å². The number of nitriles is 3. The van der Waals surface area contributed by atoms with E-state index in [1.165, 1.54) is 0 Å². The van der Waals surface area contributed by atoms with E-state index in [0.29, 0.717) is 33.9 Å². The second kappa shape index (κ2) is 16.3. The Kier molecular flexibility index (Phi) is 9.51. The quantitative estimate of drug-likeness (QED) is 0.159. The Hall–Kier alpha value is -9.87. The van der Waals surface area contributed by atoms with E-state index in [2.05, 4.69) is 124 Å². The molecular formula is C61H35N7. The van der Waals surface area contributed by atoms with Crippen LogP contribution in [0.25, 0.3) is 111 Å². The lowest BCUT2D eigenvalue weighted by Crippen LogP contribution is -2.06. The molecule has 0 unspecified atom stereocenters. The van der Waals surface area contributed by atoms with Crippen molar-refractivity contribution in [2.45, 2.75) is 0 Å². The van der Waals surface area contributed by atoms with Crippen molar-refractivity contribution in [1.29, 1.82) is 15.8 Å². The van der Waals surface area contributed by atoms with E-state index in [4.69, 9.17) is 9.97 Å². The summed E-state index contributed by atoms with van der Waals surface area (Å²) in [5.41, 5.74) is 15.1. The molecular weight excluding hydrogens is 831 g/mol. The third-order valence-corrected chi connectivity index (χ3v) is 12.9. The van der Waals surface area contributed by atoms with Gasteiger partial charge in [-0.3, -0.25) is 0 Å². The molecule has 12 aromatic rings. The van der Waals surface area contributed by atoms with Gasteiger partial charge in [0.05, 0.1) is 68.1 Å². The third kappa shape index (κ3) is 6.65. The van der Waals surface area contributed by atoms with Crippen molar-refractivity contribution in [3.8, 4) is 85.7 Å². The number of fused-ring (bicyclic) bond motifs is 6. The number of rotatable bonds is 7. The molecule has 0 aliphatic carbocycles. The Morgan fingerprint density at radius 1 is 0.309 bits per heavy atom. The Bertz CT molecular complexity index is 3830. The molecule has 68 heavy (non-hydrogen) atoms. The van der Waals surface area contributed by atoms with Crippen LogP contribution >= 0.6 is 0 Å². The maximum atomic E-state index is 11.6. The summed E-state index contributed by atoms with van der Waals surface area (Å²) in [5, 5.41) is 34.8. The molecule has 0 bridgehead atoms. The highest BCUT2D eigenvalue weighted by Gasteiger charge is 2.24. The third-order valence-electron chi connectivity index (χ3n) is 12.9. The smallest absolute Gasteiger partial charge is 0.160 e. The highest BCUT2D eigenvalue weighted by Crippen LogP contribution is 2.42. The van der Waals surface area contributed by atoms with Gasteiger partial charge >= 0.3 is 0 Å². The second-order valence-corrected chi connectivity index (χ2v) is 16.7. The van der Waals surface area contributed by atoms with Crippen LogP contribution in [0.1, 0.15) is 16.7 Å². The van der Waals surface area contributed by atoms with E-state index in [9.17, 15) is 15.8 Å². The van der Waals surface area contributed by atoms with Gasteiger partial charge in [-0.05, 0) is 101 Å². The number of nitrogens with zero attached hydrogens (tertiary/aromatic N) is 7. The first-order chi connectivity index (χ1) is 33.6. The van der Waals surface area contributed by atoms with Crippen LogP contribution in [0.5, 0.6) is 0 Å². The molecule has 0 radical (unpaired) electrons. The number of para-hydroxylation sites is 2. The van der Waals surface area contributed by atoms with Gasteiger partial charge in [0.1, 0.15) is 11.6 Å². The SMILES string of the molecule is N#Cc1ccc(-c2ccc3c(c2)c2ccccc2n3-c2cc(-c3nc(-c4ccccc4)cc(-c4ccccc4)n3)cc(-n3c4ccccc4c4cc(-c5ccc(C#N)cc5)ccc43)c2C#N)cc1. The molecule has 314 valence electrons. The lowest BCUT2D eigenvalue weighted by Gasteiger charge is -2.18. The number of benzene rings is 9. The zero-order valence-electron chi connectivity index (χ0n) is 36.3. The van der Waals surface area contributed by atoms with Gasteiger partial charge in [-0.25, -0.2) is 9.97 Å². The summed E-state index contributed by atoms with van der Waals surface area (Å²) < 4.78 is 4.41. The Morgan fingerprint density at radius 2 is 0.706 bits per heavy atom. The van der Waals surface area contributed by atoms with Crippen LogP contribution in [0.3, 0.4) is 0 Å². The minimum absolute atomic E-state index is 0.480. The summed E-state index contributed by atoms with van der Waals surface area (Å²) in [6.45, 7) is 0. The van der Waals surface area contributed by atoms with Gasteiger partial charge in [0.2, 0.25) is 0 Å². The van der Waals surface area contributed by atoms with Crippen molar-refractivity contribution >= 4 is 43.6 Å². The molecule has 0 amide bonds. The predicted molar refractivity (Wildman–Crippen MR) is 272 cm³/mol. The average Bonchev–Trinajstić information content (AvgIpc) is 3.93. The summed E-state index contributed by atoms with van der Waals surface area (Å²) in [5.74, 6) is 0.518. The largest absolute Gasteiger partial charge is 0.308 e. The van der Waals surface area contributed by atoms with Crippen molar-refractivity contribution in [2.75, 3.05) is 0 Å². The van der Waals surface area contributed by atoms with E-state index in [0.717, 1.165) is 93.9 Å². The van der Waals surface area contributed by atoms with E-state index in [1.807, 2.05) is 115 Å². The second-order valence-electron chi connectivity index (χ2n) is 16.7. The highest BCUT2D eigenvalue weighted by atomic mass is 15.0. The first kappa shape index (κ1) is 39.7. The summed E-state index contributed by atoms with van der Waals surface area (Å²) >= 11 is 0. The fourth-order valence-corrected chi connectivity index (χ4v) is 9.60. The van der Waals surface area contributed by atoms with Crippen LogP contribution in [-0.4, -0.2) is 19.1 Å². The molecule has 7 nitrogen and oxygen atoms in total. The van der Waals surface area contributed by atoms with Gasteiger partial charge in [-0.1, -0.05) is 133 Å². The van der Waals surface area contributed by atoms with Crippen molar-refractivity contribution in [3.05, 3.63) is 229 Å². The van der Waals surface area contributed by atoms with E-state index >= 15 is 0 Å². The van der Waals surface area contributed by atoms with Gasteiger partial charge in [0, 0.05) is 38.2 Å². The average molecular weight is 866 g/mol. The molecule has 0 spiro atoms. The van der Waals surface area contributed by atoms with Crippen molar-refractivity contribution < 1.29 is 0 Å². The molecule has 0 saturated heterocycles. The number of hydrogen-bond acceptors (Lipinski definition) is 5. The van der Waals surface area contributed by atoms with Crippen LogP contribution in [0.4, 0.5) is 0 Å². The molecule has 3 heterocycles. The molecule has 0 saturated carbocycles. The molecule has 12 rings (SSSR count). The van der Waals surface area contributed by atoms with Crippen LogP contribution in [-0.2, 0) is 0 Å². The molecule has 0 fully saturated rings. The minimum atomic E-state index is 0.480. The lowest BCUT2D eigenvalue weighted by atomic mass is 10.0. The Morgan fingerprint density at radius 3 is 1.13 bits per heavy atom. The van der Waals surface area contributed by atoms with Crippen molar-refractivity contribution in [3.63, 3.8) is 0 Å². The van der Waals surface area contributed by atoms with Crippen LogP contribution < -0.4 is 0 Å². The van der Waals surface area contributed by atoms with E-state index < -0.39 is 0 Å². The summed E-state index contributed by atoms with van der Waals surface area (Å²) in [4.78, 5) is 10.6. The lowest BCUT2D eigenvalue weighted by molar-refractivity contribution is 1.11. The predicted octanol–water partition coefficient (Wildman–Crippen LogP) is 14.6. The number of hydrogen-bond donors (Lipinski definition) is 0. The van der Waals surface area contributed by atoms with Gasteiger partial charge < -0.3 is 9.13 Å². The van der Waals surface area contributed by atoms with Gasteiger partial charge in [0.25, 0.3) is 0 Å². The normalized spacial score (nSPS) is 11.2. The summed E-state index contributed by atoms with van der Waals surface area (Å²) in [6, 6.07) is 78.4. The van der Waals surface area contributed by atoms with Crippen LogP contribution in [0, 0.1) is 34.0 Å². The number of aromatic nitrogens is 4. The fraction of sp³-hybridized carbons (Fsp3) is 0. The zero-order valence-corrected chi connectivity index (χ0v) is 36.3. The van der Waals surface area contributed by atoms with Crippen LogP contribution in [0.15, 0.2) is 212 Å². The fourth-order valence-electron chi connectivity index (χ4n) is 9.60. The van der Waals surface area contributed by atoms with Crippen molar-refractivity contribution in [2.24, 2.45) is 0 Å². The summed E-state index contributed by atoms with van der Waals surface area (Å²) in [7, 11) is 0. The Balaban J connectivity index is 1.17. The maximum absolute atomic E-state index is 11.6.